The second kappa shape index (κ2) is 8.51. The van der Waals surface area contributed by atoms with Crippen LogP contribution in [0.4, 0.5) is 0 Å². The van der Waals surface area contributed by atoms with Crippen molar-refractivity contribution in [1.29, 1.82) is 0 Å². The third-order valence-electron chi connectivity index (χ3n) is 4.97. The number of hydrogen-bond donors (Lipinski definition) is 1. The molecule has 1 N–H and O–H groups in total. The van der Waals surface area contributed by atoms with Crippen LogP contribution < -0.4 is 5.32 Å². The maximum Gasteiger partial charge on any atom is 0.234 e. The Bertz CT molecular complexity index is 370. The van der Waals surface area contributed by atoms with Gasteiger partial charge in [-0.05, 0) is 51.1 Å². The van der Waals surface area contributed by atoms with E-state index in [1.165, 1.54) is 0 Å². The van der Waals surface area contributed by atoms with Gasteiger partial charge < -0.3 is 10.2 Å². The van der Waals surface area contributed by atoms with Gasteiger partial charge in [0.1, 0.15) is 0 Å². The number of rotatable bonds is 5. The lowest BCUT2D eigenvalue weighted by atomic mass is 9.92. The van der Waals surface area contributed by atoms with Crippen molar-refractivity contribution >= 4 is 11.8 Å². The number of carbonyl (C=O) groups excluding carboxylic acids is 2. The van der Waals surface area contributed by atoms with E-state index in [0.29, 0.717) is 12.5 Å². The molecular weight excluding hydrogens is 278 g/mol. The molecule has 0 aromatic heterocycles. The van der Waals surface area contributed by atoms with Gasteiger partial charge in [0.05, 0.1) is 6.54 Å². The van der Waals surface area contributed by atoms with E-state index in [1.54, 1.807) is 0 Å². The van der Waals surface area contributed by atoms with Gasteiger partial charge in [-0.1, -0.05) is 13.8 Å². The lowest BCUT2D eigenvalue weighted by Crippen LogP contribution is -2.47. The summed E-state index contributed by atoms with van der Waals surface area (Å²) >= 11 is 0. The molecule has 0 aliphatic carbocycles. The van der Waals surface area contributed by atoms with Crippen LogP contribution in [-0.2, 0) is 9.59 Å². The second-order valence-electron chi connectivity index (χ2n) is 6.91. The summed E-state index contributed by atoms with van der Waals surface area (Å²) in [6.45, 7) is 9.13. The first kappa shape index (κ1) is 17.3. The number of carbonyl (C=O) groups is 2. The maximum atomic E-state index is 12.6. The molecule has 126 valence electrons. The van der Waals surface area contributed by atoms with Crippen LogP contribution in [0.5, 0.6) is 0 Å². The molecule has 22 heavy (non-hydrogen) atoms. The van der Waals surface area contributed by atoms with Crippen LogP contribution >= 0.6 is 0 Å². The van der Waals surface area contributed by atoms with Crippen molar-refractivity contribution in [2.45, 2.75) is 46.0 Å². The zero-order valence-corrected chi connectivity index (χ0v) is 14.1. The highest BCUT2D eigenvalue weighted by Crippen LogP contribution is 2.23. The molecule has 0 aromatic rings. The number of hydrogen-bond acceptors (Lipinski definition) is 3. The lowest BCUT2D eigenvalue weighted by Gasteiger charge is -2.36. The van der Waals surface area contributed by atoms with Gasteiger partial charge in [0, 0.05) is 25.6 Å². The molecule has 0 aromatic carbocycles. The van der Waals surface area contributed by atoms with Gasteiger partial charge in [-0.2, -0.15) is 0 Å². The minimum absolute atomic E-state index is 0.108. The number of amides is 2. The monoisotopic (exact) mass is 309 g/mol. The van der Waals surface area contributed by atoms with Crippen LogP contribution in [0.15, 0.2) is 0 Å². The Hall–Kier alpha value is -1.10. The smallest absolute Gasteiger partial charge is 0.234 e. The minimum atomic E-state index is 0.108. The first-order valence-corrected chi connectivity index (χ1v) is 8.88. The van der Waals surface area contributed by atoms with E-state index >= 15 is 0 Å². The highest BCUT2D eigenvalue weighted by molar-refractivity contribution is 5.79. The number of nitrogens with one attached hydrogen (secondary N) is 1. The SMILES string of the molecule is CCCNC(=O)CN1CCC(C(=O)N2CCC(C)CC2)CC1. The molecule has 2 fully saturated rings. The molecule has 2 saturated heterocycles. The Labute approximate surface area is 134 Å². The predicted octanol–water partition coefficient (Wildman–Crippen LogP) is 1.48. The summed E-state index contributed by atoms with van der Waals surface area (Å²) in [5, 5.41) is 2.91. The van der Waals surface area contributed by atoms with Crippen molar-refractivity contribution in [3.8, 4) is 0 Å². The van der Waals surface area contributed by atoms with Crippen molar-refractivity contribution in [3.05, 3.63) is 0 Å². The van der Waals surface area contributed by atoms with Gasteiger partial charge in [-0.15, -0.1) is 0 Å². The molecule has 5 heteroatoms. The van der Waals surface area contributed by atoms with Crippen LogP contribution in [0.2, 0.25) is 0 Å². The second-order valence-corrected chi connectivity index (χ2v) is 6.91. The highest BCUT2D eigenvalue weighted by Gasteiger charge is 2.30. The van der Waals surface area contributed by atoms with Crippen molar-refractivity contribution in [2.75, 3.05) is 39.3 Å². The molecular formula is C17H31N3O2. The average Bonchev–Trinajstić information content (AvgIpc) is 2.54. The number of likely N-dealkylation sites (tertiary alicyclic amines) is 2. The van der Waals surface area contributed by atoms with Gasteiger partial charge >= 0.3 is 0 Å². The summed E-state index contributed by atoms with van der Waals surface area (Å²) < 4.78 is 0. The van der Waals surface area contributed by atoms with Crippen LogP contribution in [0.3, 0.4) is 0 Å². The van der Waals surface area contributed by atoms with E-state index < -0.39 is 0 Å². The molecule has 0 saturated carbocycles. The average molecular weight is 309 g/mol. The van der Waals surface area contributed by atoms with Crippen LogP contribution in [0.25, 0.3) is 0 Å². The third kappa shape index (κ3) is 4.97. The number of piperidine rings is 2. The molecule has 2 amide bonds. The van der Waals surface area contributed by atoms with Crippen molar-refractivity contribution in [3.63, 3.8) is 0 Å². The maximum absolute atomic E-state index is 12.6. The van der Waals surface area contributed by atoms with Gasteiger partial charge in [0.2, 0.25) is 11.8 Å². The predicted molar refractivity (Wildman–Crippen MR) is 87.4 cm³/mol. The molecule has 0 atom stereocenters. The van der Waals surface area contributed by atoms with Crippen molar-refractivity contribution in [1.82, 2.24) is 15.1 Å². The summed E-state index contributed by atoms with van der Waals surface area (Å²) in [7, 11) is 0. The summed E-state index contributed by atoms with van der Waals surface area (Å²) in [5.41, 5.74) is 0. The van der Waals surface area contributed by atoms with Crippen molar-refractivity contribution in [2.24, 2.45) is 11.8 Å². The summed E-state index contributed by atoms with van der Waals surface area (Å²) in [5.74, 6) is 1.38. The molecule has 0 unspecified atom stereocenters. The normalized spacial score (nSPS) is 21.8. The largest absolute Gasteiger partial charge is 0.355 e. The third-order valence-corrected chi connectivity index (χ3v) is 4.97. The van der Waals surface area contributed by atoms with E-state index in [2.05, 4.69) is 29.0 Å². The summed E-state index contributed by atoms with van der Waals surface area (Å²) in [6, 6.07) is 0. The first-order valence-electron chi connectivity index (χ1n) is 8.88. The molecule has 0 bridgehead atoms. The fraction of sp³-hybridized carbons (Fsp3) is 0.882. The van der Waals surface area contributed by atoms with E-state index in [1.807, 2.05) is 0 Å². The summed E-state index contributed by atoms with van der Waals surface area (Å²) in [6.07, 6.45) is 5.04. The quantitative estimate of drug-likeness (QED) is 0.837. The Morgan fingerprint density at radius 3 is 2.27 bits per heavy atom. The van der Waals surface area contributed by atoms with E-state index in [-0.39, 0.29) is 11.8 Å². The molecule has 2 aliphatic heterocycles. The fourth-order valence-corrected chi connectivity index (χ4v) is 3.35. The Kier molecular flexibility index (Phi) is 6.68. The fourth-order valence-electron chi connectivity index (χ4n) is 3.35. The Balaban J connectivity index is 1.70. The molecule has 2 aliphatic rings. The molecule has 2 heterocycles. The minimum Gasteiger partial charge on any atom is -0.355 e. The van der Waals surface area contributed by atoms with Crippen molar-refractivity contribution < 1.29 is 9.59 Å². The van der Waals surface area contributed by atoms with E-state index in [0.717, 1.165) is 70.7 Å². The van der Waals surface area contributed by atoms with Crippen LogP contribution in [0.1, 0.15) is 46.0 Å². The van der Waals surface area contributed by atoms with Gasteiger partial charge in [0.25, 0.3) is 0 Å². The standard InChI is InChI=1S/C17H31N3O2/c1-3-8-18-16(21)13-19-9-6-15(7-10-19)17(22)20-11-4-14(2)5-12-20/h14-15H,3-13H2,1-2H3,(H,18,21). The lowest BCUT2D eigenvalue weighted by molar-refractivity contribution is -0.138. The van der Waals surface area contributed by atoms with Gasteiger partial charge in [0.15, 0.2) is 0 Å². The van der Waals surface area contributed by atoms with Gasteiger partial charge in [-0.25, -0.2) is 0 Å². The van der Waals surface area contributed by atoms with Crippen LogP contribution in [0, 0.1) is 11.8 Å². The topological polar surface area (TPSA) is 52.7 Å². The zero-order valence-electron chi connectivity index (χ0n) is 14.1. The molecule has 5 nitrogen and oxygen atoms in total. The highest BCUT2D eigenvalue weighted by atomic mass is 16.2. The Morgan fingerprint density at radius 1 is 1.05 bits per heavy atom. The number of nitrogens with zero attached hydrogens (tertiary/aromatic N) is 2. The van der Waals surface area contributed by atoms with Gasteiger partial charge in [-0.3, -0.25) is 14.5 Å². The molecule has 2 rings (SSSR count). The van der Waals surface area contributed by atoms with E-state index in [9.17, 15) is 9.59 Å². The zero-order chi connectivity index (χ0) is 15.9. The summed E-state index contributed by atoms with van der Waals surface area (Å²) in [4.78, 5) is 28.5. The first-order chi connectivity index (χ1) is 10.6. The Morgan fingerprint density at radius 2 is 1.68 bits per heavy atom. The van der Waals surface area contributed by atoms with E-state index in [4.69, 9.17) is 0 Å². The van der Waals surface area contributed by atoms with Crippen LogP contribution in [-0.4, -0.2) is 60.9 Å². The molecule has 0 spiro atoms. The molecule has 0 radical (unpaired) electrons.